The lowest BCUT2D eigenvalue weighted by Gasteiger charge is -1.94. The quantitative estimate of drug-likeness (QED) is 0.675. The number of fused-ring (bicyclic) bond motifs is 1. The monoisotopic (exact) mass is 237 g/mol. The summed E-state index contributed by atoms with van der Waals surface area (Å²) in [6, 6.07) is 10.1. The largest absolute Gasteiger partial charge is 0.255 e. The molecule has 0 aliphatic rings. The topological polar surface area (TPSA) is 12.9 Å². The van der Waals surface area contributed by atoms with Crippen molar-refractivity contribution in [3.8, 4) is 0 Å². The van der Waals surface area contributed by atoms with Gasteiger partial charge in [-0.15, -0.1) is 0 Å². The van der Waals surface area contributed by atoms with Gasteiger partial charge in [0.1, 0.15) is 0 Å². The normalized spacial score (nSPS) is 9.15. The zero-order chi connectivity index (χ0) is 9.68. The first-order valence-electron chi connectivity index (χ1n) is 4.36. The Bertz CT molecular complexity index is 385. The molecule has 0 atom stereocenters. The molecule has 13 heavy (non-hydrogen) atoms. The lowest BCUT2D eigenvalue weighted by molar-refractivity contribution is 1.39. The van der Waals surface area contributed by atoms with Crippen molar-refractivity contribution in [1.82, 2.24) is 4.98 Å². The molecule has 68 valence electrons. The van der Waals surface area contributed by atoms with Crippen molar-refractivity contribution < 1.29 is 0 Å². The lowest BCUT2D eigenvalue weighted by Crippen LogP contribution is -1.76. The van der Waals surface area contributed by atoms with Crippen LogP contribution < -0.4 is 0 Å². The number of halogens is 1. The minimum atomic E-state index is 1.02. The Morgan fingerprint density at radius 3 is 2.62 bits per heavy atom. The van der Waals surface area contributed by atoms with E-state index < -0.39 is 0 Å². The van der Waals surface area contributed by atoms with Crippen molar-refractivity contribution >= 4 is 26.8 Å². The first kappa shape index (κ1) is 10.2. The molecular formula is C11H12BrN. The maximum Gasteiger partial charge on any atom is 0.0702 e. The van der Waals surface area contributed by atoms with Crippen LogP contribution in [-0.2, 0) is 0 Å². The van der Waals surface area contributed by atoms with Crippen LogP contribution in [0.2, 0.25) is 0 Å². The van der Waals surface area contributed by atoms with Crippen molar-refractivity contribution in [2.75, 3.05) is 0 Å². The Morgan fingerprint density at radius 1 is 1.15 bits per heavy atom. The molecular weight excluding hydrogens is 226 g/mol. The number of pyridine rings is 1. The highest BCUT2D eigenvalue weighted by Crippen LogP contribution is 2.15. The second-order valence-electron chi connectivity index (χ2n) is 2.35. The van der Waals surface area contributed by atoms with Gasteiger partial charge in [-0.2, -0.15) is 0 Å². The molecule has 0 saturated heterocycles. The van der Waals surface area contributed by atoms with Gasteiger partial charge in [-0.25, -0.2) is 0 Å². The Hall–Kier alpha value is -0.890. The highest BCUT2D eigenvalue weighted by molar-refractivity contribution is 9.10. The lowest BCUT2D eigenvalue weighted by atomic mass is 10.2. The zero-order valence-corrected chi connectivity index (χ0v) is 9.38. The predicted octanol–water partition coefficient (Wildman–Crippen LogP) is 4.02. The summed E-state index contributed by atoms with van der Waals surface area (Å²) in [5.41, 5.74) is 1.04. The van der Waals surface area contributed by atoms with Gasteiger partial charge in [0.15, 0.2) is 0 Å². The average molecular weight is 238 g/mol. The number of hydrogen-bond donors (Lipinski definition) is 0. The van der Waals surface area contributed by atoms with Crippen LogP contribution in [-0.4, -0.2) is 4.98 Å². The van der Waals surface area contributed by atoms with Crippen LogP contribution in [0.15, 0.2) is 41.0 Å². The van der Waals surface area contributed by atoms with E-state index in [1.165, 1.54) is 5.39 Å². The summed E-state index contributed by atoms with van der Waals surface area (Å²) in [6.07, 6.45) is 1.81. The van der Waals surface area contributed by atoms with E-state index >= 15 is 0 Å². The molecule has 0 bridgehead atoms. The van der Waals surface area contributed by atoms with Gasteiger partial charge < -0.3 is 0 Å². The van der Waals surface area contributed by atoms with Crippen LogP contribution in [0.5, 0.6) is 0 Å². The molecule has 0 saturated carbocycles. The Kier molecular flexibility index (Phi) is 3.90. The Labute approximate surface area is 86.9 Å². The van der Waals surface area contributed by atoms with Crippen LogP contribution in [0, 0.1) is 0 Å². The van der Waals surface area contributed by atoms with E-state index in [9.17, 15) is 0 Å². The molecule has 0 N–H and O–H groups in total. The molecule has 0 aliphatic carbocycles. The van der Waals surface area contributed by atoms with Gasteiger partial charge in [-0.05, 0) is 28.1 Å². The second-order valence-corrected chi connectivity index (χ2v) is 3.26. The summed E-state index contributed by atoms with van der Waals surface area (Å²) >= 11 is 3.37. The molecule has 0 aliphatic heterocycles. The van der Waals surface area contributed by atoms with Crippen LogP contribution >= 0.6 is 15.9 Å². The van der Waals surface area contributed by atoms with E-state index in [1.807, 2.05) is 44.3 Å². The van der Waals surface area contributed by atoms with Crippen molar-refractivity contribution in [2.45, 2.75) is 13.8 Å². The summed E-state index contributed by atoms with van der Waals surface area (Å²) in [6.45, 7) is 4.00. The van der Waals surface area contributed by atoms with Gasteiger partial charge in [0.2, 0.25) is 0 Å². The SMILES string of the molecule is Brc1cnc2ccccc2c1.CC. The Balaban J connectivity index is 0.000000396. The molecule has 2 rings (SSSR count). The van der Waals surface area contributed by atoms with E-state index in [1.54, 1.807) is 0 Å². The molecule has 1 nitrogen and oxygen atoms in total. The zero-order valence-electron chi connectivity index (χ0n) is 7.79. The summed E-state index contributed by atoms with van der Waals surface area (Å²) in [4.78, 5) is 4.23. The number of para-hydroxylation sites is 1. The van der Waals surface area contributed by atoms with Gasteiger partial charge in [0.05, 0.1) is 5.52 Å². The van der Waals surface area contributed by atoms with Gasteiger partial charge in [0.25, 0.3) is 0 Å². The molecule has 2 aromatic rings. The summed E-state index contributed by atoms with van der Waals surface area (Å²) in [7, 11) is 0. The standard InChI is InChI=1S/C9H6BrN.C2H6/c10-8-5-7-3-1-2-4-9(7)11-6-8;1-2/h1-6H;1-2H3. The van der Waals surface area contributed by atoms with E-state index in [0.717, 1.165) is 9.99 Å². The summed E-state index contributed by atoms with van der Waals surface area (Å²) in [5.74, 6) is 0. The highest BCUT2D eigenvalue weighted by Gasteiger charge is 1.92. The first-order chi connectivity index (χ1) is 6.36. The van der Waals surface area contributed by atoms with Crippen molar-refractivity contribution in [3.63, 3.8) is 0 Å². The van der Waals surface area contributed by atoms with E-state index in [2.05, 4.69) is 27.0 Å². The molecule has 0 amide bonds. The molecule has 0 unspecified atom stereocenters. The smallest absolute Gasteiger partial charge is 0.0702 e. The highest BCUT2D eigenvalue weighted by atomic mass is 79.9. The average Bonchev–Trinajstić information content (AvgIpc) is 2.21. The van der Waals surface area contributed by atoms with Crippen LogP contribution in [0.25, 0.3) is 10.9 Å². The van der Waals surface area contributed by atoms with E-state index in [-0.39, 0.29) is 0 Å². The van der Waals surface area contributed by atoms with Crippen molar-refractivity contribution in [3.05, 3.63) is 41.0 Å². The fraction of sp³-hybridized carbons (Fsp3) is 0.182. The number of benzene rings is 1. The predicted molar refractivity (Wildman–Crippen MR) is 60.8 cm³/mol. The Morgan fingerprint density at radius 2 is 1.85 bits per heavy atom. The molecule has 0 radical (unpaired) electrons. The third-order valence-electron chi connectivity index (χ3n) is 1.56. The minimum Gasteiger partial charge on any atom is -0.255 e. The number of aromatic nitrogens is 1. The molecule has 1 heterocycles. The van der Waals surface area contributed by atoms with Crippen molar-refractivity contribution in [1.29, 1.82) is 0 Å². The van der Waals surface area contributed by atoms with Gasteiger partial charge >= 0.3 is 0 Å². The molecule has 1 aromatic heterocycles. The number of hydrogen-bond acceptors (Lipinski definition) is 1. The molecule has 0 spiro atoms. The van der Waals surface area contributed by atoms with Crippen LogP contribution in [0.4, 0.5) is 0 Å². The third kappa shape index (κ3) is 2.52. The first-order valence-corrected chi connectivity index (χ1v) is 5.16. The third-order valence-corrected chi connectivity index (χ3v) is 1.99. The van der Waals surface area contributed by atoms with Crippen molar-refractivity contribution in [2.24, 2.45) is 0 Å². The maximum atomic E-state index is 4.23. The fourth-order valence-corrected chi connectivity index (χ4v) is 1.39. The number of rotatable bonds is 0. The van der Waals surface area contributed by atoms with Gasteiger partial charge in [0, 0.05) is 16.1 Å². The van der Waals surface area contributed by atoms with E-state index in [0.29, 0.717) is 0 Å². The van der Waals surface area contributed by atoms with Crippen LogP contribution in [0.3, 0.4) is 0 Å². The molecule has 2 heteroatoms. The van der Waals surface area contributed by atoms with E-state index in [4.69, 9.17) is 0 Å². The fourth-order valence-electron chi connectivity index (χ4n) is 1.04. The molecule has 0 fully saturated rings. The summed E-state index contributed by atoms with van der Waals surface area (Å²) in [5, 5.41) is 1.17. The van der Waals surface area contributed by atoms with Gasteiger partial charge in [-0.1, -0.05) is 32.0 Å². The maximum absolute atomic E-state index is 4.23. The minimum absolute atomic E-state index is 1.02. The molecule has 1 aromatic carbocycles. The number of nitrogens with zero attached hydrogens (tertiary/aromatic N) is 1. The second kappa shape index (κ2) is 4.97. The summed E-state index contributed by atoms with van der Waals surface area (Å²) < 4.78 is 1.02. The van der Waals surface area contributed by atoms with Crippen LogP contribution in [0.1, 0.15) is 13.8 Å². The van der Waals surface area contributed by atoms with Gasteiger partial charge in [-0.3, -0.25) is 4.98 Å².